The molecule has 0 aliphatic heterocycles. The maximum atomic E-state index is 12.9. The summed E-state index contributed by atoms with van der Waals surface area (Å²) < 4.78 is 51.9. The molecule has 3 rings (SSSR count). The number of benzene rings is 1. The minimum Gasteiger partial charge on any atom is -0.347 e. The summed E-state index contributed by atoms with van der Waals surface area (Å²) >= 11 is 1.10. The summed E-state index contributed by atoms with van der Waals surface area (Å²) in [4.78, 5) is 3.98. The van der Waals surface area contributed by atoms with Crippen molar-refractivity contribution in [1.29, 1.82) is 0 Å². The van der Waals surface area contributed by atoms with Crippen molar-refractivity contribution in [2.75, 3.05) is 5.32 Å². The maximum Gasteiger partial charge on any atom is 0.411 e. The largest absolute Gasteiger partial charge is 0.411 e. The number of aromatic nitrogens is 1. The van der Waals surface area contributed by atoms with E-state index >= 15 is 0 Å². The van der Waals surface area contributed by atoms with Crippen LogP contribution in [0, 0.1) is 5.82 Å². The third-order valence-electron chi connectivity index (χ3n) is 2.99. The fourth-order valence-corrected chi connectivity index (χ4v) is 2.71. The van der Waals surface area contributed by atoms with Gasteiger partial charge < -0.3 is 5.32 Å². The summed E-state index contributed by atoms with van der Waals surface area (Å²) in [6, 6.07) is 3.99. The highest BCUT2D eigenvalue weighted by Gasteiger charge is 2.63. The Balaban J connectivity index is 1.92. The number of rotatable bonds is 2. The Morgan fingerprint density at radius 2 is 2.00 bits per heavy atom. The first-order chi connectivity index (χ1) is 8.40. The lowest BCUT2D eigenvalue weighted by Crippen LogP contribution is -2.38. The predicted octanol–water partition coefficient (Wildman–Crippen LogP) is 3.94. The van der Waals surface area contributed by atoms with Crippen LogP contribution in [-0.4, -0.2) is 16.7 Å². The molecule has 0 atom stereocenters. The number of nitrogens with zero attached hydrogens (tertiary/aromatic N) is 1. The van der Waals surface area contributed by atoms with Crippen molar-refractivity contribution in [2.24, 2.45) is 0 Å². The van der Waals surface area contributed by atoms with E-state index in [4.69, 9.17) is 0 Å². The van der Waals surface area contributed by atoms with Crippen molar-refractivity contribution in [3.05, 3.63) is 24.0 Å². The van der Waals surface area contributed by atoms with Gasteiger partial charge in [0, 0.05) is 6.07 Å². The van der Waals surface area contributed by atoms with Crippen molar-refractivity contribution in [1.82, 2.24) is 4.98 Å². The maximum absolute atomic E-state index is 12.9. The monoisotopic (exact) mass is 276 g/mol. The zero-order chi connectivity index (χ0) is 13.0. The van der Waals surface area contributed by atoms with Crippen LogP contribution >= 0.6 is 11.3 Å². The standard InChI is InChI=1S/C11H8F4N2S/c12-6-1-2-8-7(5-6)16-9(18-8)17-10(3-4-10)11(13,14)15/h1-2,5H,3-4H2,(H,16,17). The van der Waals surface area contributed by atoms with E-state index in [0.29, 0.717) is 10.2 Å². The summed E-state index contributed by atoms with van der Waals surface area (Å²) in [6.07, 6.45) is -4.17. The summed E-state index contributed by atoms with van der Waals surface area (Å²) in [6.45, 7) is 0. The van der Waals surface area contributed by atoms with Gasteiger partial charge in [0.2, 0.25) is 0 Å². The fourth-order valence-electron chi connectivity index (χ4n) is 1.76. The number of hydrogen-bond acceptors (Lipinski definition) is 3. The molecule has 0 unspecified atom stereocenters. The Morgan fingerprint density at radius 1 is 1.28 bits per heavy atom. The summed E-state index contributed by atoms with van der Waals surface area (Å²) in [7, 11) is 0. The quantitative estimate of drug-likeness (QED) is 0.840. The first-order valence-corrected chi connectivity index (χ1v) is 6.12. The van der Waals surface area contributed by atoms with Crippen LogP contribution in [0.15, 0.2) is 18.2 Å². The van der Waals surface area contributed by atoms with E-state index in [-0.39, 0.29) is 18.0 Å². The van der Waals surface area contributed by atoms with Crippen LogP contribution in [0.2, 0.25) is 0 Å². The molecule has 96 valence electrons. The Bertz CT molecular complexity index is 601. The Morgan fingerprint density at radius 3 is 2.61 bits per heavy atom. The topological polar surface area (TPSA) is 24.9 Å². The lowest BCUT2D eigenvalue weighted by atomic mass is 10.3. The van der Waals surface area contributed by atoms with Crippen LogP contribution in [0.25, 0.3) is 10.2 Å². The average molecular weight is 276 g/mol. The molecule has 0 spiro atoms. The van der Waals surface area contributed by atoms with Crippen molar-refractivity contribution >= 4 is 26.7 Å². The van der Waals surface area contributed by atoms with Crippen LogP contribution in [0.4, 0.5) is 22.7 Å². The SMILES string of the molecule is Fc1ccc2sc(NC3(C(F)(F)F)CC3)nc2c1. The van der Waals surface area contributed by atoms with E-state index in [1.165, 1.54) is 18.2 Å². The minimum atomic E-state index is -4.28. The van der Waals surface area contributed by atoms with Gasteiger partial charge in [-0.25, -0.2) is 9.37 Å². The lowest BCUT2D eigenvalue weighted by Gasteiger charge is -2.19. The van der Waals surface area contributed by atoms with Gasteiger partial charge in [-0.1, -0.05) is 11.3 Å². The molecule has 1 N–H and O–H groups in total. The van der Waals surface area contributed by atoms with E-state index in [0.717, 1.165) is 11.3 Å². The number of thiazole rings is 1. The van der Waals surface area contributed by atoms with Gasteiger partial charge in [0.1, 0.15) is 11.4 Å². The number of nitrogens with one attached hydrogen (secondary N) is 1. The molecular formula is C11H8F4N2S. The molecule has 0 amide bonds. The van der Waals surface area contributed by atoms with Crippen LogP contribution in [0.3, 0.4) is 0 Å². The highest BCUT2D eigenvalue weighted by atomic mass is 32.1. The molecular weight excluding hydrogens is 268 g/mol. The number of fused-ring (bicyclic) bond motifs is 1. The van der Waals surface area contributed by atoms with Gasteiger partial charge in [0.25, 0.3) is 0 Å². The van der Waals surface area contributed by atoms with E-state index in [2.05, 4.69) is 10.3 Å². The second kappa shape index (κ2) is 3.57. The molecule has 1 fully saturated rings. The van der Waals surface area contributed by atoms with Crippen LogP contribution in [-0.2, 0) is 0 Å². The van der Waals surface area contributed by atoms with Gasteiger partial charge in [-0.05, 0) is 25.0 Å². The number of hydrogen-bond donors (Lipinski definition) is 1. The van der Waals surface area contributed by atoms with Crippen molar-refractivity contribution in [3.63, 3.8) is 0 Å². The summed E-state index contributed by atoms with van der Waals surface area (Å²) in [5.41, 5.74) is -1.46. The van der Waals surface area contributed by atoms with E-state index in [1.807, 2.05) is 0 Å². The fraction of sp³-hybridized carbons (Fsp3) is 0.364. The average Bonchev–Trinajstić information content (AvgIpc) is 2.92. The Kier molecular flexibility index (Phi) is 2.32. The van der Waals surface area contributed by atoms with Crippen LogP contribution < -0.4 is 5.32 Å². The molecule has 1 aliphatic carbocycles. The normalized spacial score (nSPS) is 18.0. The minimum absolute atomic E-state index is 0.0563. The molecule has 18 heavy (non-hydrogen) atoms. The van der Waals surface area contributed by atoms with Crippen LogP contribution in [0.5, 0.6) is 0 Å². The van der Waals surface area contributed by atoms with Gasteiger partial charge >= 0.3 is 6.18 Å². The molecule has 1 aliphatic rings. The molecule has 1 heterocycles. The van der Waals surface area contributed by atoms with Gasteiger partial charge in [-0.3, -0.25) is 0 Å². The van der Waals surface area contributed by atoms with Crippen molar-refractivity contribution < 1.29 is 17.6 Å². The van der Waals surface area contributed by atoms with Crippen molar-refractivity contribution in [2.45, 2.75) is 24.6 Å². The van der Waals surface area contributed by atoms with Gasteiger partial charge in [0.15, 0.2) is 5.13 Å². The van der Waals surface area contributed by atoms with Crippen molar-refractivity contribution in [3.8, 4) is 0 Å². The van der Waals surface area contributed by atoms with Gasteiger partial charge in [-0.2, -0.15) is 13.2 Å². The third-order valence-corrected chi connectivity index (χ3v) is 3.94. The highest BCUT2D eigenvalue weighted by Crippen LogP contribution is 2.51. The van der Waals surface area contributed by atoms with Gasteiger partial charge in [-0.15, -0.1) is 0 Å². The molecule has 2 nitrogen and oxygen atoms in total. The summed E-state index contributed by atoms with van der Waals surface area (Å²) in [5, 5.41) is 2.62. The van der Waals surface area contributed by atoms with Crippen LogP contribution in [0.1, 0.15) is 12.8 Å². The Labute approximate surface area is 104 Å². The molecule has 0 saturated heterocycles. The third kappa shape index (κ3) is 1.82. The zero-order valence-corrected chi connectivity index (χ0v) is 9.83. The molecule has 1 saturated carbocycles. The predicted molar refractivity (Wildman–Crippen MR) is 61.2 cm³/mol. The van der Waals surface area contributed by atoms with E-state index in [9.17, 15) is 17.6 Å². The first kappa shape index (κ1) is 11.7. The Hall–Kier alpha value is -1.37. The lowest BCUT2D eigenvalue weighted by molar-refractivity contribution is -0.151. The zero-order valence-electron chi connectivity index (χ0n) is 9.01. The smallest absolute Gasteiger partial charge is 0.347 e. The first-order valence-electron chi connectivity index (χ1n) is 5.31. The molecule has 0 bridgehead atoms. The molecule has 7 heteroatoms. The molecule has 1 aromatic carbocycles. The second-order valence-corrected chi connectivity index (χ2v) is 5.37. The van der Waals surface area contributed by atoms with Gasteiger partial charge in [0.05, 0.1) is 10.2 Å². The number of anilines is 1. The second-order valence-electron chi connectivity index (χ2n) is 4.34. The highest BCUT2D eigenvalue weighted by molar-refractivity contribution is 7.22. The number of halogens is 4. The summed E-state index contributed by atoms with van der Waals surface area (Å²) in [5.74, 6) is -0.448. The molecule has 1 aromatic heterocycles. The molecule has 2 aromatic rings. The number of alkyl halides is 3. The van der Waals surface area contributed by atoms with E-state index in [1.54, 1.807) is 0 Å². The van der Waals surface area contributed by atoms with E-state index < -0.39 is 17.5 Å². The molecule has 0 radical (unpaired) electrons.